The molecule has 2 aromatic rings. The van der Waals surface area contributed by atoms with E-state index in [1.165, 1.54) is 10.7 Å². The number of hydrogen-bond acceptors (Lipinski definition) is 2. The van der Waals surface area contributed by atoms with Crippen molar-refractivity contribution in [1.29, 1.82) is 0 Å². The van der Waals surface area contributed by atoms with Gasteiger partial charge in [0.25, 0.3) is 0 Å². The molecule has 72 valence electrons. The number of aromatic nitrogens is 2. The highest BCUT2D eigenvalue weighted by Gasteiger charge is 2.09. The van der Waals surface area contributed by atoms with Crippen LogP contribution in [0.2, 0.25) is 0 Å². The van der Waals surface area contributed by atoms with E-state index in [4.69, 9.17) is 5.73 Å². The second-order valence-electron chi connectivity index (χ2n) is 2.74. The molecular weight excluding hydrogens is 296 g/mol. The number of nitrogens with two attached hydrogens (primary N) is 1. The summed E-state index contributed by atoms with van der Waals surface area (Å²) >= 11 is 2.05. The molecule has 0 bridgehead atoms. The Balaban J connectivity index is 2.60. The molecule has 0 saturated carbocycles. The summed E-state index contributed by atoms with van der Waals surface area (Å²) in [7, 11) is 0. The molecule has 0 aliphatic carbocycles. The molecule has 1 heterocycles. The minimum absolute atomic E-state index is 0.335. The summed E-state index contributed by atoms with van der Waals surface area (Å²) < 4.78 is 15.5. The van der Waals surface area contributed by atoms with E-state index < -0.39 is 0 Å². The van der Waals surface area contributed by atoms with E-state index in [1.54, 1.807) is 24.4 Å². The van der Waals surface area contributed by atoms with E-state index in [0.717, 1.165) is 3.57 Å². The van der Waals surface area contributed by atoms with Crippen LogP contribution in [0.4, 0.5) is 10.2 Å². The van der Waals surface area contributed by atoms with Crippen LogP contribution in [0.15, 0.2) is 30.5 Å². The highest BCUT2D eigenvalue weighted by Crippen LogP contribution is 2.20. The minimum Gasteiger partial charge on any atom is -0.383 e. The Bertz CT molecular complexity index is 467. The standard InChI is InChI=1S/C9H7FIN3/c10-6-3-1-2-4-8(6)14-9(12)7(11)5-13-14/h1-5H,12H2. The fourth-order valence-corrected chi connectivity index (χ4v) is 1.51. The van der Waals surface area contributed by atoms with Gasteiger partial charge in [-0.3, -0.25) is 0 Å². The number of anilines is 1. The van der Waals surface area contributed by atoms with Gasteiger partial charge in [-0.1, -0.05) is 12.1 Å². The van der Waals surface area contributed by atoms with Crippen molar-refractivity contribution in [2.45, 2.75) is 0 Å². The molecule has 14 heavy (non-hydrogen) atoms. The average molecular weight is 303 g/mol. The van der Waals surface area contributed by atoms with Gasteiger partial charge in [-0.05, 0) is 34.7 Å². The normalized spacial score (nSPS) is 10.4. The summed E-state index contributed by atoms with van der Waals surface area (Å²) in [6.07, 6.45) is 1.60. The predicted octanol–water partition coefficient (Wildman–Crippen LogP) is 2.20. The van der Waals surface area contributed by atoms with Gasteiger partial charge in [0.15, 0.2) is 0 Å². The van der Waals surface area contributed by atoms with Crippen molar-refractivity contribution in [2.75, 3.05) is 5.73 Å². The Kier molecular flexibility index (Phi) is 2.40. The van der Waals surface area contributed by atoms with E-state index in [9.17, 15) is 4.39 Å². The predicted molar refractivity (Wildman–Crippen MR) is 60.7 cm³/mol. The summed E-state index contributed by atoms with van der Waals surface area (Å²) in [4.78, 5) is 0. The maximum atomic E-state index is 13.3. The van der Waals surface area contributed by atoms with E-state index in [-0.39, 0.29) is 5.82 Å². The van der Waals surface area contributed by atoms with E-state index >= 15 is 0 Å². The van der Waals surface area contributed by atoms with Crippen LogP contribution in [-0.2, 0) is 0 Å². The lowest BCUT2D eigenvalue weighted by Gasteiger charge is -2.04. The molecule has 2 rings (SSSR count). The Morgan fingerprint density at radius 1 is 1.36 bits per heavy atom. The van der Waals surface area contributed by atoms with Gasteiger partial charge in [0, 0.05) is 0 Å². The summed E-state index contributed by atoms with van der Waals surface area (Å²) in [6.45, 7) is 0. The monoisotopic (exact) mass is 303 g/mol. The van der Waals surface area contributed by atoms with Crippen LogP contribution in [0.25, 0.3) is 5.69 Å². The minimum atomic E-state index is -0.335. The molecule has 0 aliphatic heterocycles. The number of benzene rings is 1. The van der Waals surface area contributed by atoms with Gasteiger partial charge in [0.05, 0.1) is 9.77 Å². The Morgan fingerprint density at radius 3 is 2.64 bits per heavy atom. The van der Waals surface area contributed by atoms with Gasteiger partial charge in [-0.15, -0.1) is 0 Å². The third-order valence-corrected chi connectivity index (χ3v) is 2.67. The molecule has 0 aliphatic rings. The van der Waals surface area contributed by atoms with Gasteiger partial charge < -0.3 is 5.73 Å². The first kappa shape index (κ1) is 9.45. The van der Waals surface area contributed by atoms with E-state index in [1.807, 2.05) is 0 Å². The van der Waals surface area contributed by atoms with Crippen LogP contribution < -0.4 is 5.73 Å². The lowest BCUT2D eigenvalue weighted by molar-refractivity contribution is 0.612. The van der Waals surface area contributed by atoms with Crippen LogP contribution in [0.5, 0.6) is 0 Å². The van der Waals surface area contributed by atoms with Crippen molar-refractivity contribution in [3.63, 3.8) is 0 Å². The van der Waals surface area contributed by atoms with Crippen molar-refractivity contribution in [3.05, 3.63) is 39.8 Å². The molecular formula is C9H7FIN3. The van der Waals surface area contributed by atoms with Crippen LogP contribution >= 0.6 is 22.6 Å². The number of hydrogen-bond donors (Lipinski definition) is 1. The van der Waals surface area contributed by atoms with E-state index in [0.29, 0.717) is 11.5 Å². The number of nitrogen functional groups attached to an aromatic ring is 1. The molecule has 0 atom stereocenters. The second-order valence-corrected chi connectivity index (χ2v) is 3.90. The highest BCUT2D eigenvalue weighted by molar-refractivity contribution is 14.1. The fourth-order valence-electron chi connectivity index (χ4n) is 1.15. The third kappa shape index (κ3) is 1.47. The summed E-state index contributed by atoms with van der Waals surface area (Å²) in [5.74, 6) is 0.120. The van der Waals surface area contributed by atoms with Gasteiger partial charge in [-0.2, -0.15) is 5.10 Å². The van der Waals surface area contributed by atoms with Crippen molar-refractivity contribution in [1.82, 2.24) is 9.78 Å². The smallest absolute Gasteiger partial charge is 0.148 e. The lowest BCUT2D eigenvalue weighted by atomic mass is 10.3. The zero-order valence-corrected chi connectivity index (χ0v) is 9.27. The maximum Gasteiger partial charge on any atom is 0.148 e. The van der Waals surface area contributed by atoms with Gasteiger partial charge in [-0.25, -0.2) is 9.07 Å². The van der Waals surface area contributed by atoms with Gasteiger partial charge in [0.1, 0.15) is 17.3 Å². The molecule has 5 heteroatoms. The van der Waals surface area contributed by atoms with Gasteiger partial charge >= 0.3 is 0 Å². The van der Waals surface area contributed by atoms with Crippen molar-refractivity contribution < 1.29 is 4.39 Å². The molecule has 1 aromatic carbocycles. The SMILES string of the molecule is Nc1c(I)cnn1-c1ccccc1F. The fraction of sp³-hybridized carbons (Fsp3) is 0. The molecule has 2 N–H and O–H groups in total. The highest BCUT2D eigenvalue weighted by atomic mass is 127. The second kappa shape index (κ2) is 3.56. The molecule has 0 saturated heterocycles. The quantitative estimate of drug-likeness (QED) is 0.821. The zero-order valence-electron chi connectivity index (χ0n) is 7.11. The van der Waals surface area contributed by atoms with Crippen molar-refractivity contribution in [3.8, 4) is 5.69 Å². The van der Waals surface area contributed by atoms with Gasteiger partial charge in [0.2, 0.25) is 0 Å². The van der Waals surface area contributed by atoms with E-state index in [2.05, 4.69) is 27.7 Å². The number of para-hydroxylation sites is 1. The van der Waals surface area contributed by atoms with Crippen LogP contribution in [0, 0.1) is 9.39 Å². The molecule has 0 fully saturated rings. The molecule has 1 aromatic heterocycles. The first-order valence-corrected chi connectivity index (χ1v) is 5.02. The van der Waals surface area contributed by atoms with Crippen molar-refractivity contribution in [2.24, 2.45) is 0 Å². The lowest BCUT2D eigenvalue weighted by Crippen LogP contribution is -2.04. The summed E-state index contributed by atoms with van der Waals surface area (Å²) in [5.41, 5.74) is 6.10. The first-order chi connectivity index (χ1) is 6.70. The number of halogens is 2. The molecule has 0 unspecified atom stereocenters. The maximum absolute atomic E-state index is 13.3. The first-order valence-electron chi connectivity index (χ1n) is 3.94. The Labute approximate surface area is 93.9 Å². The van der Waals surface area contributed by atoms with Crippen LogP contribution in [0.1, 0.15) is 0 Å². The third-order valence-electron chi connectivity index (χ3n) is 1.84. The van der Waals surface area contributed by atoms with Crippen LogP contribution in [-0.4, -0.2) is 9.78 Å². The average Bonchev–Trinajstić information content (AvgIpc) is 2.49. The topological polar surface area (TPSA) is 43.8 Å². The van der Waals surface area contributed by atoms with Crippen LogP contribution in [0.3, 0.4) is 0 Å². The molecule has 3 nitrogen and oxygen atoms in total. The Morgan fingerprint density at radius 2 is 2.07 bits per heavy atom. The Hall–Kier alpha value is -1.11. The summed E-state index contributed by atoms with van der Waals surface area (Å²) in [6, 6.07) is 6.38. The number of nitrogens with zero attached hydrogens (tertiary/aromatic N) is 2. The van der Waals surface area contributed by atoms with Crippen molar-refractivity contribution >= 4 is 28.4 Å². The zero-order chi connectivity index (χ0) is 10.1. The number of rotatable bonds is 1. The molecule has 0 amide bonds. The largest absolute Gasteiger partial charge is 0.383 e. The molecule has 0 radical (unpaired) electrons. The molecule has 0 spiro atoms. The summed E-state index contributed by atoms with van der Waals surface area (Å²) in [5, 5.41) is 3.99.